The third kappa shape index (κ3) is 0.657. The Labute approximate surface area is 61.6 Å². The van der Waals surface area contributed by atoms with Crippen molar-refractivity contribution >= 4 is 22.9 Å². The van der Waals surface area contributed by atoms with E-state index in [0.29, 0.717) is 11.2 Å². The molecule has 0 saturated heterocycles. The minimum Gasteiger partial charge on any atom is -0.250 e. The molecule has 0 atom stereocenters. The molecule has 10 heavy (non-hydrogen) atoms. The molecule has 2 aromatic heterocycles. The molecule has 2 rings (SSSR count). The molecule has 4 nitrogen and oxygen atoms in total. The zero-order valence-electron chi connectivity index (χ0n) is 4.90. The van der Waals surface area contributed by atoms with Crippen LogP contribution in [-0.4, -0.2) is 19.3 Å². The van der Waals surface area contributed by atoms with E-state index < -0.39 is 0 Å². The fraction of sp³-hybridized carbons (Fsp3) is 0. The van der Waals surface area contributed by atoms with Crippen LogP contribution in [-0.2, 0) is 0 Å². The van der Waals surface area contributed by atoms with E-state index in [2.05, 4.69) is 15.1 Å². The summed E-state index contributed by atoms with van der Waals surface area (Å²) in [7, 11) is 0. The third-order valence-corrected chi connectivity index (χ3v) is 1.41. The van der Waals surface area contributed by atoms with Gasteiger partial charge in [-0.1, -0.05) is 0 Å². The fourth-order valence-electron chi connectivity index (χ4n) is 0.735. The van der Waals surface area contributed by atoms with Crippen LogP contribution in [0.4, 0.5) is 0 Å². The summed E-state index contributed by atoms with van der Waals surface area (Å²) in [5.74, 6) is 0. The average molecular weight is 155 g/mol. The predicted molar refractivity (Wildman–Crippen MR) is 36.6 cm³/mol. The van der Waals surface area contributed by atoms with Crippen molar-refractivity contribution in [2.75, 3.05) is 0 Å². The largest absolute Gasteiger partial charge is 0.250 e. The minimum atomic E-state index is 0.587. The second-order valence-corrected chi connectivity index (χ2v) is 2.09. The highest BCUT2D eigenvalue weighted by molar-refractivity contribution is 6.17. The Bertz CT molecular complexity index is 355. The van der Waals surface area contributed by atoms with Gasteiger partial charge < -0.3 is 0 Å². The van der Waals surface area contributed by atoms with Crippen molar-refractivity contribution in [3.05, 3.63) is 18.6 Å². The van der Waals surface area contributed by atoms with Gasteiger partial charge in [-0.15, -0.1) is 0 Å². The maximum absolute atomic E-state index is 5.58. The SMILES string of the molecule is Cln1ncc2nccnc21. The zero-order chi connectivity index (χ0) is 6.97. The standard InChI is InChI=1S/C5H3ClN4/c6-10-5-4(3-9-10)7-1-2-8-5/h1-3H. The Kier molecular flexibility index (Phi) is 1.07. The predicted octanol–water partition coefficient (Wildman–Crippen LogP) is 0.828. The summed E-state index contributed by atoms with van der Waals surface area (Å²) in [5, 5.41) is 3.75. The molecule has 0 aromatic carbocycles. The normalized spacial score (nSPS) is 10.5. The monoisotopic (exact) mass is 154 g/mol. The molecule has 0 bridgehead atoms. The number of fused-ring (bicyclic) bond motifs is 1. The smallest absolute Gasteiger partial charge is 0.194 e. The summed E-state index contributed by atoms with van der Waals surface area (Å²) in [4.78, 5) is 7.92. The molecule has 0 N–H and O–H groups in total. The lowest BCUT2D eigenvalue weighted by Gasteiger charge is -1.85. The molecule has 50 valence electrons. The Morgan fingerprint density at radius 2 is 2.10 bits per heavy atom. The van der Waals surface area contributed by atoms with Gasteiger partial charge >= 0.3 is 0 Å². The van der Waals surface area contributed by atoms with Gasteiger partial charge in [0, 0.05) is 24.2 Å². The molecule has 0 aliphatic carbocycles. The zero-order valence-corrected chi connectivity index (χ0v) is 5.65. The summed E-state index contributed by atoms with van der Waals surface area (Å²) >= 11 is 5.58. The Hall–Kier alpha value is -1.16. The van der Waals surface area contributed by atoms with Crippen LogP contribution in [0.1, 0.15) is 0 Å². The third-order valence-electron chi connectivity index (χ3n) is 1.16. The van der Waals surface area contributed by atoms with Crippen molar-refractivity contribution in [1.29, 1.82) is 0 Å². The minimum absolute atomic E-state index is 0.587. The lowest BCUT2D eigenvalue weighted by molar-refractivity contribution is 1.01. The Morgan fingerprint density at radius 3 is 2.90 bits per heavy atom. The van der Waals surface area contributed by atoms with Crippen LogP contribution in [0.5, 0.6) is 0 Å². The molecule has 0 spiro atoms. The van der Waals surface area contributed by atoms with Gasteiger partial charge in [-0.3, -0.25) is 0 Å². The first kappa shape index (κ1) is 5.61. The summed E-state index contributed by atoms with van der Waals surface area (Å²) in [6, 6.07) is 0. The second-order valence-electron chi connectivity index (χ2n) is 1.77. The van der Waals surface area contributed by atoms with E-state index in [1.54, 1.807) is 18.6 Å². The lowest BCUT2D eigenvalue weighted by atomic mass is 10.6. The van der Waals surface area contributed by atoms with Gasteiger partial charge in [-0.2, -0.15) is 9.30 Å². The topological polar surface area (TPSA) is 43.6 Å². The van der Waals surface area contributed by atoms with Crippen LogP contribution < -0.4 is 0 Å². The number of aromatic nitrogens is 4. The fourth-order valence-corrected chi connectivity index (χ4v) is 0.909. The van der Waals surface area contributed by atoms with Crippen molar-refractivity contribution in [1.82, 2.24) is 19.3 Å². The van der Waals surface area contributed by atoms with Crippen molar-refractivity contribution in [3.8, 4) is 0 Å². The Balaban J connectivity index is 2.93. The number of hydrogen-bond donors (Lipinski definition) is 0. The van der Waals surface area contributed by atoms with Crippen molar-refractivity contribution in [3.63, 3.8) is 0 Å². The molecule has 5 heteroatoms. The van der Waals surface area contributed by atoms with Crippen molar-refractivity contribution < 1.29 is 0 Å². The molecular weight excluding hydrogens is 152 g/mol. The highest BCUT2D eigenvalue weighted by Gasteiger charge is 1.99. The summed E-state index contributed by atoms with van der Waals surface area (Å²) in [5.41, 5.74) is 1.29. The molecule has 0 amide bonds. The molecule has 0 aliphatic rings. The van der Waals surface area contributed by atoms with E-state index in [1.807, 2.05) is 0 Å². The quantitative estimate of drug-likeness (QED) is 0.565. The van der Waals surface area contributed by atoms with Crippen molar-refractivity contribution in [2.45, 2.75) is 0 Å². The molecular formula is C5H3ClN4. The molecule has 0 saturated carbocycles. The van der Waals surface area contributed by atoms with Crippen LogP contribution in [0.25, 0.3) is 11.2 Å². The lowest BCUT2D eigenvalue weighted by Crippen LogP contribution is -1.84. The Morgan fingerprint density at radius 1 is 1.30 bits per heavy atom. The number of rotatable bonds is 0. The van der Waals surface area contributed by atoms with Gasteiger partial charge in [0.05, 0.1) is 6.20 Å². The number of halogens is 1. The molecule has 2 heterocycles. The van der Waals surface area contributed by atoms with Gasteiger partial charge in [0.15, 0.2) is 5.65 Å². The summed E-state index contributed by atoms with van der Waals surface area (Å²) in [6.07, 6.45) is 4.74. The van der Waals surface area contributed by atoms with Gasteiger partial charge in [0.2, 0.25) is 0 Å². The van der Waals surface area contributed by atoms with E-state index in [-0.39, 0.29) is 0 Å². The van der Waals surface area contributed by atoms with Crippen LogP contribution in [0.3, 0.4) is 0 Å². The second kappa shape index (κ2) is 1.91. The molecule has 2 aromatic rings. The molecule has 0 fully saturated rings. The van der Waals surface area contributed by atoms with Crippen molar-refractivity contribution in [2.24, 2.45) is 0 Å². The maximum Gasteiger partial charge on any atom is 0.194 e. The van der Waals surface area contributed by atoms with Gasteiger partial charge in [-0.05, 0) is 0 Å². The van der Waals surface area contributed by atoms with E-state index >= 15 is 0 Å². The average Bonchev–Trinajstić information content (AvgIpc) is 2.34. The summed E-state index contributed by atoms with van der Waals surface area (Å²) < 4.78 is 1.17. The molecule has 0 aliphatic heterocycles. The first-order valence-electron chi connectivity index (χ1n) is 2.69. The van der Waals surface area contributed by atoms with Crippen LogP contribution >= 0.6 is 11.8 Å². The van der Waals surface area contributed by atoms with E-state index in [0.717, 1.165) is 0 Å². The maximum atomic E-state index is 5.58. The summed E-state index contributed by atoms with van der Waals surface area (Å²) in [6.45, 7) is 0. The van der Waals surface area contributed by atoms with E-state index in [1.165, 1.54) is 4.20 Å². The van der Waals surface area contributed by atoms with Crippen LogP contribution in [0.15, 0.2) is 18.6 Å². The highest BCUT2D eigenvalue weighted by Crippen LogP contribution is 2.06. The first-order valence-corrected chi connectivity index (χ1v) is 3.02. The first-order chi connectivity index (χ1) is 4.88. The van der Waals surface area contributed by atoms with Gasteiger partial charge in [0.1, 0.15) is 5.52 Å². The molecule has 0 unspecified atom stereocenters. The van der Waals surface area contributed by atoms with E-state index in [4.69, 9.17) is 11.8 Å². The number of nitrogens with zero attached hydrogens (tertiary/aromatic N) is 4. The van der Waals surface area contributed by atoms with Crippen LogP contribution in [0, 0.1) is 0 Å². The van der Waals surface area contributed by atoms with Crippen LogP contribution in [0.2, 0.25) is 0 Å². The molecule has 0 radical (unpaired) electrons. The number of hydrogen-bond acceptors (Lipinski definition) is 3. The van der Waals surface area contributed by atoms with Gasteiger partial charge in [-0.25, -0.2) is 9.97 Å². The highest BCUT2D eigenvalue weighted by atomic mass is 35.5. The van der Waals surface area contributed by atoms with Gasteiger partial charge in [0.25, 0.3) is 0 Å². The van der Waals surface area contributed by atoms with E-state index in [9.17, 15) is 0 Å².